The molecule has 0 radical (unpaired) electrons. The third-order valence-electron chi connectivity index (χ3n) is 5.37. The Labute approximate surface area is 105 Å². The molecule has 0 aromatic rings. The molecular formula is C15H26O2. The van der Waals surface area contributed by atoms with Gasteiger partial charge in [0.1, 0.15) is 5.60 Å². The summed E-state index contributed by atoms with van der Waals surface area (Å²) >= 11 is 0. The van der Waals surface area contributed by atoms with Crippen molar-refractivity contribution >= 4 is 5.78 Å². The van der Waals surface area contributed by atoms with E-state index in [1.165, 1.54) is 25.7 Å². The molecule has 0 saturated heterocycles. The van der Waals surface area contributed by atoms with Crippen molar-refractivity contribution in [3.05, 3.63) is 0 Å². The molecule has 2 fully saturated rings. The highest BCUT2D eigenvalue weighted by Crippen LogP contribution is 2.50. The predicted octanol–water partition coefficient (Wildman–Crippen LogP) is 3.59. The van der Waals surface area contributed by atoms with Gasteiger partial charge in [0.15, 0.2) is 5.78 Å². The van der Waals surface area contributed by atoms with E-state index < -0.39 is 5.60 Å². The molecule has 2 nitrogen and oxygen atoms in total. The summed E-state index contributed by atoms with van der Waals surface area (Å²) < 4.78 is 5.54. The van der Waals surface area contributed by atoms with Crippen LogP contribution in [0.3, 0.4) is 0 Å². The molecule has 2 rings (SSSR count). The zero-order valence-corrected chi connectivity index (χ0v) is 11.5. The van der Waals surface area contributed by atoms with Crippen molar-refractivity contribution in [2.75, 3.05) is 7.11 Å². The second kappa shape index (κ2) is 5.09. The first-order valence-electron chi connectivity index (χ1n) is 7.23. The van der Waals surface area contributed by atoms with E-state index in [1.807, 2.05) is 0 Å². The first-order valence-corrected chi connectivity index (χ1v) is 7.23. The van der Waals surface area contributed by atoms with E-state index in [1.54, 1.807) is 7.11 Å². The smallest absolute Gasteiger partial charge is 0.164 e. The fourth-order valence-corrected chi connectivity index (χ4v) is 4.10. The SMILES string of the molecule is CCC(CC)(OC)C(=O)CC1CC2CCC1C2. The van der Waals surface area contributed by atoms with Gasteiger partial charge in [-0.3, -0.25) is 4.79 Å². The maximum atomic E-state index is 12.5. The Morgan fingerprint density at radius 2 is 1.94 bits per heavy atom. The zero-order valence-electron chi connectivity index (χ0n) is 11.5. The van der Waals surface area contributed by atoms with E-state index in [-0.39, 0.29) is 0 Å². The maximum Gasteiger partial charge on any atom is 0.164 e. The summed E-state index contributed by atoms with van der Waals surface area (Å²) in [5.41, 5.74) is -0.498. The number of hydrogen-bond acceptors (Lipinski definition) is 2. The van der Waals surface area contributed by atoms with Crippen molar-refractivity contribution < 1.29 is 9.53 Å². The molecule has 0 aromatic carbocycles. The molecule has 2 aliphatic rings. The maximum absolute atomic E-state index is 12.5. The molecule has 98 valence electrons. The largest absolute Gasteiger partial charge is 0.370 e. The van der Waals surface area contributed by atoms with Gasteiger partial charge in [0.2, 0.25) is 0 Å². The van der Waals surface area contributed by atoms with Crippen LogP contribution in [0.5, 0.6) is 0 Å². The van der Waals surface area contributed by atoms with Crippen LogP contribution in [0.15, 0.2) is 0 Å². The van der Waals surface area contributed by atoms with Gasteiger partial charge in [0, 0.05) is 13.5 Å². The van der Waals surface area contributed by atoms with Crippen molar-refractivity contribution in [3.63, 3.8) is 0 Å². The molecular weight excluding hydrogens is 212 g/mol. The van der Waals surface area contributed by atoms with E-state index >= 15 is 0 Å². The normalized spacial score (nSPS) is 32.1. The van der Waals surface area contributed by atoms with Gasteiger partial charge >= 0.3 is 0 Å². The molecule has 0 spiro atoms. The quantitative estimate of drug-likeness (QED) is 0.707. The van der Waals surface area contributed by atoms with Crippen LogP contribution >= 0.6 is 0 Å². The molecule has 2 aliphatic carbocycles. The van der Waals surface area contributed by atoms with Crippen LogP contribution in [-0.4, -0.2) is 18.5 Å². The lowest BCUT2D eigenvalue weighted by Crippen LogP contribution is -2.40. The molecule has 3 atom stereocenters. The van der Waals surface area contributed by atoms with Gasteiger partial charge in [-0.25, -0.2) is 0 Å². The zero-order chi connectivity index (χ0) is 12.5. The number of ether oxygens (including phenoxy) is 1. The van der Waals surface area contributed by atoms with Gasteiger partial charge in [0.25, 0.3) is 0 Å². The fraction of sp³-hybridized carbons (Fsp3) is 0.933. The van der Waals surface area contributed by atoms with Gasteiger partial charge in [0.05, 0.1) is 0 Å². The molecule has 2 heteroatoms. The number of fused-ring (bicyclic) bond motifs is 2. The Morgan fingerprint density at radius 3 is 2.35 bits per heavy atom. The first-order chi connectivity index (χ1) is 8.15. The average molecular weight is 238 g/mol. The molecule has 0 aromatic heterocycles. The lowest BCUT2D eigenvalue weighted by molar-refractivity contribution is -0.143. The van der Waals surface area contributed by atoms with Gasteiger partial charge in [-0.05, 0) is 49.9 Å². The minimum Gasteiger partial charge on any atom is -0.370 e. The summed E-state index contributed by atoms with van der Waals surface area (Å²) in [7, 11) is 1.69. The van der Waals surface area contributed by atoms with E-state index in [0.717, 1.165) is 31.1 Å². The lowest BCUT2D eigenvalue weighted by atomic mass is 9.80. The standard InChI is InChI=1S/C15H26O2/c1-4-15(5-2,17-3)14(16)10-13-9-11-6-7-12(13)8-11/h11-13H,4-10H2,1-3H3. The van der Waals surface area contributed by atoms with E-state index in [2.05, 4.69) is 13.8 Å². The Balaban J connectivity index is 1.96. The molecule has 0 N–H and O–H groups in total. The molecule has 3 unspecified atom stereocenters. The Morgan fingerprint density at radius 1 is 1.24 bits per heavy atom. The van der Waals surface area contributed by atoms with Crippen LogP contribution in [0.2, 0.25) is 0 Å². The minimum atomic E-state index is -0.498. The Hall–Kier alpha value is -0.370. The molecule has 0 aliphatic heterocycles. The number of rotatable bonds is 6. The Bertz CT molecular complexity index is 272. The number of carbonyl (C=O) groups excluding carboxylic acids is 1. The summed E-state index contributed by atoms with van der Waals surface area (Å²) in [4.78, 5) is 12.5. The third kappa shape index (κ3) is 2.29. The molecule has 0 heterocycles. The van der Waals surface area contributed by atoms with Gasteiger partial charge in [-0.1, -0.05) is 20.3 Å². The predicted molar refractivity (Wildman–Crippen MR) is 68.9 cm³/mol. The van der Waals surface area contributed by atoms with E-state index in [9.17, 15) is 4.79 Å². The molecule has 17 heavy (non-hydrogen) atoms. The van der Waals surface area contributed by atoms with Crippen LogP contribution in [0, 0.1) is 17.8 Å². The number of carbonyl (C=O) groups is 1. The highest BCUT2D eigenvalue weighted by Gasteiger charge is 2.43. The van der Waals surface area contributed by atoms with E-state index in [4.69, 9.17) is 4.74 Å². The summed E-state index contributed by atoms with van der Waals surface area (Å²) in [5.74, 6) is 2.78. The topological polar surface area (TPSA) is 26.3 Å². The second-order valence-electron chi connectivity index (χ2n) is 5.97. The van der Waals surface area contributed by atoms with Crippen LogP contribution in [-0.2, 0) is 9.53 Å². The molecule has 2 saturated carbocycles. The molecule has 2 bridgehead atoms. The average Bonchev–Trinajstić information content (AvgIpc) is 2.94. The van der Waals surface area contributed by atoms with Crippen LogP contribution in [0.25, 0.3) is 0 Å². The summed E-state index contributed by atoms with van der Waals surface area (Å²) in [6.07, 6.45) is 7.82. The van der Waals surface area contributed by atoms with Crippen molar-refractivity contribution in [2.45, 2.75) is 64.4 Å². The van der Waals surface area contributed by atoms with Gasteiger partial charge in [-0.15, -0.1) is 0 Å². The molecule has 0 amide bonds. The summed E-state index contributed by atoms with van der Waals surface area (Å²) in [5, 5.41) is 0. The number of methoxy groups -OCH3 is 1. The van der Waals surface area contributed by atoms with Gasteiger partial charge in [-0.2, -0.15) is 0 Å². The minimum absolute atomic E-state index is 0.350. The van der Waals surface area contributed by atoms with Crippen LogP contribution in [0.1, 0.15) is 58.8 Å². The monoisotopic (exact) mass is 238 g/mol. The number of ketones is 1. The van der Waals surface area contributed by atoms with Crippen LogP contribution in [0.4, 0.5) is 0 Å². The van der Waals surface area contributed by atoms with Crippen molar-refractivity contribution in [1.29, 1.82) is 0 Å². The third-order valence-corrected chi connectivity index (χ3v) is 5.37. The Kier molecular flexibility index (Phi) is 3.92. The van der Waals surface area contributed by atoms with Crippen molar-refractivity contribution in [3.8, 4) is 0 Å². The van der Waals surface area contributed by atoms with Gasteiger partial charge < -0.3 is 4.74 Å². The lowest BCUT2D eigenvalue weighted by Gasteiger charge is -2.31. The highest BCUT2D eigenvalue weighted by atomic mass is 16.5. The van der Waals surface area contributed by atoms with Crippen molar-refractivity contribution in [2.24, 2.45) is 17.8 Å². The van der Waals surface area contributed by atoms with Crippen molar-refractivity contribution in [1.82, 2.24) is 0 Å². The fourth-order valence-electron chi connectivity index (χ4n) is 4.10. The number of hydrogen-bond donors (Lipinski definition) is 0. The van der Waals surface area contributed by atoms with E-state index in [0.29, 0.717) is 11.7 Å². The number of Topliss-reactive ketones (excluding diaryl/α,β-unsaturated/α-hetero) is 1. The summed E-state index contributed by atoms with van der Waals surface area (Å²) in [6.45, 7) is 4.12. The second-order valence-corrected chi connectivity index (χ2v) is 5.97. The summed E-state index contributed by atoms with van der Waals surface area (Å²) in [6, 6.07) is 0. The first kappa shape index (κ1) is 13.1. The van der Waals surface area contributed by atoms with Crippen LogP contribution < -0.4 is 0 Å². The highest BCUT2D eigenvalue weighted by molar-refractivity contribution is 5.87.